The Hall–Kier alpha value is -1.30. The first-order valence-corrected chi connectivity index (χ1v) is 4.63. The lowest BCUT2D eigenvalue weighted by Crippen LogP contribution is -2.37. The van der Waals surface area contributed by atoms with Gasteiger partial charge in [-0.15, -0.1) is 0 Å². The van der Waals surface area contributed by atoms with Gasteiger partial charge in [-0.25, -0.2) is 0 Å². The largest absolute Gasteiger partial charge is 0.340 e. The quantitative estimate of drug-likeness (QED) is 0.663. The van der Waals surface area contributed by atoms with Gasteiger partial charge in [-0.3, -0.25) is 4.79 Å². The van der Waals surface area contributed by atoms with Gasteiger partial charge in [-0.05, 0) is 19.3 Å². The number of nitriles is 1. The third-order valence-electron chi connectivity index (χ3n) is 2.26. The first-order chi connectivity index (χ1) is 6.27. The van der Waals surface area contributed by atoms with Crippen LogP contribution in [0.25, 0.3) is 0 Å². The van der Waals surface area contributed by atoms with Crippen molar-refractivity contribution in [1.29, 1.82) is 5.26 Å². The molecule has 0 spiro atoms. The summed E-state index contributed by atoms with van der Waals surface area (Å²) in [5, 5.41) is 11.4. The van der Waals surface area contributed by atoms with Crippen molar-refractivity contribution in [3.05, 3.63) is 12.2 Å². The summed E-state index contributed by atoms with van der Waals surface area (Å²) in [6.07, 6.45) is 6.32. The summed E-state index contributed by atoms with van der Waals surface area (Å²) in [4.78, 5) is 11.5. The lowest BCUT2D eigenvalue weighted by molar-refractivity contribution is -0.125. The molecule has 0 saturated heterocycles. The smallest absolute Gasteiger partial charge is 0.224 e. The highest BCUT2D eigenvalue weighted by Crippen LogP contribution is 2.17. The molecule has 0 aromatic rings. The number of rotatable bonds is 3. The molecule has 0 radical (unpaired) electrons. The molecule has 0 saturated carbocycles. The van der Waals surface area contributed by atoms with Gasteiger partial charge in [0.05, 0.1) is 6.07 Å². The molecule has 0 heterocycles. The summed E-state index contributed by atoms with van der Waals surface area (Å²) in [6, 6.07) is 1.73. The Morgan fingerprint density at radius 3 is 2.77 bits per heavy atom. The van der Waals surface area contributed by atoms with Crippen LogP contribution in [0.15, 0.2) is 12.2 Å². The van der Waals surface area contributed by atoms with Gasteiger partial charge in [0.1, 0.15) is 6.04 Å². The zero-order valence-electron chi connectivity index (χ0n) is 7.79. The standard InChI is InChI=1S/C10H14N2O/c1-2-9(7-11)12-10(13)8-5-3-4-6-8/h3-4,8-9H,2,5-6H2,1H3,(H,12,13). The van der Waals surface area contributed by atoms with E-state index in [9.17, 15) is 4.79 Å². The predicted molar refractivity (Wildman–Crippen MR) is 49.7 cm³/mol. The molecule has 0 aliphatic heterocycles. The van der Waals surface area contributed by atoms with Crippen LogP contribution in [-0.2, 0) is 4.79 Å². The number of nitrogens with one attached hydrogen (secondary N) is 1. The molecular weight excluding hydrogens is 164 g/mol. The van der Waals surface area contributed by atoms with E-state index in [0.717, 1.165) is 12.8 Å². The maximum atomic E-state index is 11.5. The normalized spacial score (nSPS) is 18.2. The fourth-order valence-electron chi connectivity index (χ4n) is 1.35. The van der Waals surface area contributed by atoms with Gasteiger partial charge in [0.2, 0.25) is 5.91 Å². The molecule has 3 heteroatoms. The summed E-state index contributed by atoms with van der Waals surface area (Å²) in [6.45, 7) is 1.89. The molecule has 1 atom stereocenters. The Kier molecular flexibility index (Phi) is 3.51. The minimum Gasteiger partial charge on any atom is -0.340 e. The van der Waals surface area contributed by atoms with Crippen molar-refractivity contribution in [3.63, 3.8) is 0 Å². The summed E-state index contributed by atoms with van der Waals surface area (Å²) in [5.41, 5.74) is 0. The van der Waals surface area contributed by atoms with E-state index < -0.39 is 0 Å². The highest BCUT2D eigenvalue weighted by Gasteiger charge is 2.20. The summed E-state index contributed by atoms with van der Waals surface area (Å²) < 4.78 is 0. The van der Waals surface area contributed by atoms with Gasteiger partial charge >= 0.3 is 0 Å². The molecule has 0 aromatic carbocycles. The zero-order chi connectivity index (χ0) is 9.68. The molecule has 0 fully saturated rings. The molecule has 1 N–H and O–H groups in total. The van der Waals surface area contributed by atoms with Crippen LogP contribution in [0.2, 0.25) is 0 Å². The fraction of sp³-hybridized carbons (Fsp3) is 0.600. The second kappa shape index (κ2) is 4.66. The van der Waals surface area contributed by atoms with E-state index in [1.54, 1.807) is 0 Å². The van der Waals surface area contributed by atoms with Crippen LogP contribution in [0.4, 0.5) is 0 Å². The number of amides is 1. The van der Waals surface area contributed by atoms with Crippen LogP contribution in [0, 0.1) is 17.2 Å². The van der Waals surface area contributed by atoms with Gasteiger partial charge in [-0.1, -0.05) is 19.1 Å². The lowest BCUT2D eigenvalue weighted by atomic mass is 10.1. The van der Waals surface area contributed by atoms with Gasteiger partial charge in [0.25, 0.3) is 0 Å². The molecule has 1 rings (SSSR count). The first kappa shape index (κ1) is 9.79. The van der Waals surface area contributed by atoms with Crippen molar-refractivity contribution >= 4 is 5.91 Å². The average molecular weight is 178 g/mol. The Bertz CT molecular complexity index is 244. The lowest BCUT2D eigenvalue weighted by Gasteiger charge is -2.13. The average Bonchev–Trinajstić information content (AvgIpc) is 2.66. The topological polar surface area (TPSA) is 52.9 Å². The summed E-state index contributed by atoms with van der Waals surface area (Å²) in [7, 11) is 0. The third-order valence-corrected chi connectivity index (χ3v) is 2.26. The first-order valence-electron chi connectivity index (χ1n) is 4.63. The number of nitrogens with zero attached hydrogens (tertiary/aromatic N) is 1. The van der Waals surface area contributed by atoms with Crippen LogP contribution in [0.3, 0.4) is 0 Å². The number of hydrogen-bond acceptors (Lipinski definition) is 2. The second-order valence-corrected chi connectivity index (χ2v) is 3.24. The predicted octanol–water partition coefficient (Wildman–Crippen LogP) is 1.37. The van der Waals surface area contributed by atoms with Crippen LogP contribution in [0.5, 0.6) is 0 Å². The Labute approximate surface area is 78.4 Å². The number of allylic oxidation sites excluding steroid dienone is 2. The molecule has 1 unspecified atom stereocenters. The number of carbonyl (C=O) groups excluding carboxylic acids is 1. The van der Waals surface area contributed by atoms with Crippen molar-refractivity contribution in [3.8, 4) is 6.07 Å². The van der Waals surface area contributed by atoms with Crippen molar-refractivity contribution in [1.82, 2.24) is 5.32 Å². The summed E-state index contributed by atoms with van der Waals surface area (Å²) >= 11 is 0. The van der Waals surface area contributed by atoms with Crippen molar-refractivity contribution in [2.45, 2.75) is 32.2 Å². The maximum Gasteiger partial charge on any atom is 0.224 e. The monoisotopic (exact) mass is 178 g/mol. The van der Waals surface area contributed by atoms with E-state index in [1.807, 2.05) is 19.1 Å². The van der Waals surface area contributed by atoms with Gasteiger partial charge < -0.3 is 5.32 Å². The van der Waals surface area contributed by atoms with Crippen LogP contribution < -0.4 is 5.32 Å². The number of carbonyl (C=O) groups is 1. The molecule has 1 aliphatic carbocycles. The van der Waals surface area contributed by atoms with Crippen LogP contribution in [-0.4, -0.2) is 11.9 Å². The van der Waals surface area contributed by atoms with E-state index in [-0.39, 0.29) is 17.9 Å². The molecular formula is C10H14N2O. The van der Waals surface area contributed by atoms with E-state index in [4.69, 9.17) is 5.26 Å². The van der Waals surface area contributed by atoms with Crippen LogP contribution >= 0.6 is 0 Å². The van der Waals surface area contributed by atoms with E-state index in [2.05, 4.69) is 11.4 Å². The summed E-state index contributed by atoms with van der Waals surface area (Å²) in [5.74, 6) is 0.0702. The Morgan fingerprint density at radius 2 is 2.31 bits per heavy atom. The second-order valence-electron chi connectivity index (χ2n) is 3.24. The number of hydrogen-bond donors (Lipinski definition) is 1. The van der Waals surface area contributed by atoms with Crippen molar-refractivity contribution in [2.24, 2.45) is 5.92 Å². The zero-order valence-corrected chi connectivity index (χ0v) is 7.79. The third kappa shape index (κ3) is 2.59. The van der Waals surface area contributed by atoms with Gasteiger partial charge in [-0.2, -0.15) is 5.26 Å². The molecule has 0 aromatic heterocycles. The molecule has 70 valence electrons. The molecule has 1 aliphatic rings. The minimum absolute atomic E-state index is 0.0124. The van der Waals surface area contributed by atoms with E-state index >= 15 is 0 Å². The van der Waals surface area contributed by atoms with E-state index in [1.165, 1.54) is 0 Å². The van der Waals surface area contributed by atoms with Crippen molar-refractivity contribution < 1.29 is 4.79 Å². The minimum atomic E-state index is -0.326. The highest BCUT2D eigenvalue weighted by atomic mass is 16.1. The SMILES string of the molecule is CCC(C#N)NC(=O)C1CC=CC1. The molecule has 13 heavy (non-hydrogen) atoms. The molecule has 1 amide bonds. The maximum absolute atomic E-state index is 11.5. The molecule has 3 nitrogen and oxygen atoms in total. The van der Waals surface area contributed by atoms with E-state index in [0.29, 0.717) is 6.42 Å². The Balaban J connectivity index is 2.36. The van der Waals surface area contributed by atoms with Crippen molar-refractivity contribution in [2.75, 3.05) is 0 Å². The van der Waals surface area contributed by atoms with Gasteiger partial charge in [0, 0.05) is 5.92 Å². The highest BCUT2D eigenvalue weighted by molar-refractivity contribution is 5.80. The molecule has 0 bridgehead atoms. The van der Waals surface area contributed by atoms with Crippen LogP contribution in [0.1, 0.15) is 26.2 Å². The fourth-order valence-corrected chi connectivity index (χ4v) is 1.35. The Morgan fingerprint density at radius 1 is 1.69 bits per heavy atom. The van der Waals surface area contributed by atoms with Gasteiger partial charge in [0.15, 0.2) is 0 Å².